The van der Waals surface area contributed by atoms with Gasteiger partial charge in [0.05, 0.1) is 17.1 Å². The van der Waals surface area contributed by atoms with E-state index in [4.69, 9.17) is 11.6 Å². The van der Waals surface area contributed by atoms with Gasteiger partial charge in [0.25, 0.3) is 5.91 Å². The molecular weight excluding hydrogens is 320 g/mol. The second kappa shape index (κ2) is 5.71. The van der Waals surface area contributed by atoms with Gasteiger partial charge in [-0.25, -0.2) is 0 Å². The minimum atomic E-state index is -0.354. The molecule has 0 bridgehead atoms. The Kier molecular flexibility index (Phi) is 4.24. The topological polar surface area (TPSA) is 58.2 Å². The normalized spacial score (nSPS) is 14.1. The van der Waals surface area contributed by atoms with E-state index in [1.807, 2.05) is 0 Å². The van der Waals surface area contributed by atoms with Crippen molar-refractivity contribution in [3.63, 3.8) is 0 Å². The molecule has 18 heavy (non-hydrogen) atoms. The minimum absolute atomic E-state index is 0.0296. The zero-order chi connectivity index (χ0) is 13.1. The van der Waals surface area contributed by atoms with E-state index in [-0.39, 0.29) is 18.4 Å². The Morgan fingerprint density at radius 3 is 2.78 bits per heavy atom. The van der Waals surface area contributed by atoms with Gasteiger partial charge in [-0.3, -0.25) is 9.59 Å². The number of nitrogens with one attached hydrogen (secondary N) is 2. The predicted octanol–water partition coefficient (Wildman–Crippen LogP) is 2.11. The average molecular weight is 332 g/mol. The third-order valence-corrected chi connectivity index (χ3v) is 3.35. The number of rotatable bonds is 4. The summed E-state index contributed by atoms with van der Waals surface area (Å²) in [5.74, 6) is -0.524. The molecule has 0 unspecified atom stereocenters. The first-order valence-electron chi connectivity index (χ1n) is 5.59. The highest BCUT2D eigenvalue weighted by Crippen LogP contribution is 2.21. The van der Waals surface area contributed by atoms with Gasteiger partial charge in [-0.2, -0.15) is 0 Å². The first-order valence-corrected chi connectivity index (χ1v) is 6.76. The Hall–Kier alpha value is -1.07. The van der Waals surface area contributed by atoms with E-state index in [1.165, 1.54) is 0 Å². The predicted molar refractivity (Wildman–Crippen MR) is 72.6 cm³/mol. The van der Waals surface area contributed by atoms with Gasteiger partial charge in [0.15, 0.2) is 0 Å². The van der Waals surface area contributed by atoms with Crippen LogP contribution in [0.25, 0.3) is 0 Å². The maximum absolute atomic E-state index is 11.8. The van der Waals surface area contributed by atoms with Gasteiger partial charge >= 0.3 is 0 Å². The number of amides is 2. The molecule has 4 nitrogen and oxygen atoms in total. The van der Waals surface area contributed by atoms with E-state index in [1.54, 1.807) is 18.2 Å². The van der Waals surface area contributed by atoms with Gasteiger partial charge in [0.1, 0.15) is 0 Å². The van der Waals surface area contributed by atoms with Crippen LogP contribution >= 0.6 is 27.5 Å². The van der Waals surface area contributed by atoms with Crippen molar-refractivity contribution in [1.82, 2.24) is 10.6 Å². The zero-order valence-corrected chi connectivity index (χ0v) is 11.8. The van der Waals surface area contributed by atoms with Crippen LogP contribution in [0.2, 0.25) is 5.02 Å². The number of carbonyl (C=O) groups excluding carboxylic acids is 2. The van der Waals surface area contributed by atoms with E-state index in [0.29, 0.717) is 16.6 Å². The van der Waals surface area contributed by atoms with Crippen LogP contribution in [0.3, 0.4) is 0 Å². The first-order chi connectivity index (χ1) is 8.56. The van der Waals surface area contributed by atoms with Gasteiger partial charge in [-0.05, 0) is 31.0 Å². The van der Waals surface area contributed by atoms with Crippen molar-refractivity contribution in [3.8, 4) is 0 Å². The smallest absolute Gasteiger partial charge is 0.253 e. The summed E-state index contributed by atoms with van der Waals surface area (Å²) in [6.07, 6.45) is 2.05. The third-order valence-electron chi connectivity index (χ3n) is 2.52. The molecule has 0 atom stereocenters. The monoisotopic (exact) mass is 330 g/mol. The maximum atomic E-state index is 11.8. The highest BCUT2D eigenvalue weighted by Gasteiger charge is 2.23. The lowest BCUT2D eigenvalue weighted by Gasteiger charge is -2.07. The summed E-state index contributed by atoms with van der Waals surface area (Å²) < 4.78 is 0.763. The molecule has 1 aliphatic rings. The van der Waals surface area contributed by atoms with E-state index in [0.717, 1.165) is 17.3 Å². The quantitative estimate of drug-likeness (QED) is 0.888. The standard InChI is InChI=1S/C12H12BrClN2O2/c13-7-1-4-10(14)9(5-7)12(18)15-6-11(17)16-8-2-3-8/h1,4-5,8H,2-3,6H2,(H,15,18)(H,16,17). The summed E-state index contributed by atoms with van der Waals surface area (Å²) in [4.78, 5) is 23.2. The first kappa shape index (κ1) is 13.4. The van der Waals surface area contributed by atoms with Crippen molar-refractivity contribution in [2.75, 3.05) is 6.54 Å². The van der Waals surface area contributed by atoms with Gasteiger partial charge in [0, 0.05) is 10.5 Å². The average Bonchev–Trinajstić information content (AvgIpc) is 3.13. The van der Waals surface area contributed by atoms with Crippen molar-refractivity contribution in [2.24, 2.45) is 0 Å². The van der Waals surface area contributed by atoms with Crippen molar-refractivity contribution < 1.29 is 9.59 Å². The van der Waals surface area contributed by atoms with E-state index in [9.17, 15) is 9.59 Å². The lowest BCUT2D eigenvalue weighted by molar-refractivity contribution is -0.120. The summed E-state index contributed by atoms with van der Waals surface area (Å²) in [6.45, 7) is -0.0296. The Bertz CT molecular complexity index is 489. The fraction of sp³-hybridized carbons (Fsp3) is 0.333. The molecule has 2 amide bonds. The minimum Gasteiger partial charge on any atom is -0.352 e. The number of hydrogen-bond acceptors (Lipinski definition) is 2. The van der Waals surface area contributed by atoms with Crippen LogP contribution in [0, 0.1) is 0 Å². The molecule has 1 fully saturated rings. The molecule has 96 valence electrons. The molecule has 1 saturated carbocycles. The molecule has 0 aromatic heterocycles. The van der Waals surface area contributed by atoms with Gasteiger partial charge < -0.3 is 10.6 Å². The lowest BCUT2D eigenvalue weighted by Crippen LogP contribution is -2.37. The number of halogens is 2. The van der Waals surface area contributed by atoms with Crippen LogP contribution in [0.4, 0.5) is 0 Å². The molecule has 1 aliphatic carbocycles. The summed E-state index contributed by atoms with van der Waals surface area (Å²) in [7, 11) is 0. The van der Waals surface area contributed by atoms with Crippen LogP contribution in [-0.2, 0) is 4.79 Å². The molecule has 2 N–H and O–H groups in total. The van der Waals surface area contributed by atoms with Crippen molar-refractivity contribution in [1.29, 1.82) is 0 Å². The van der Waals surface area contributed by atoms with E-state index < -0.39 is 0 Å². The lowest BCUT2D eigenvalue weighted by atomic mass is 10.2. The zero-order valence-electron chi connectivity index (χ0n) is 9.50. The Labute approximate surface area is 118 Å². The number of carbonyl (C=O) groups is 2. The molecule has 0 aliphatic heterocycles. The molecule has 0 spiro atoms. The van der Waals surface area contributed by atoms with Crippen molar-refractivity contribution in [3.05, 3.63) is 33.3 Å². The largest absolute Gasteiger partial charge is 0.352 e. The van der Waals surface area contributed by atoms with Crippen LogP contribution in [0.15, 0.2) is 22.7 Å². The molecule has 0 heterocycles. The van der Waals surface area contributed by atoms with E-state index in [2.05, 4.69) is 26.6 Å². The highest BCUT2D eigenvalue weighted by molar-refractivity contribution is 9.10. The number of benzene rings is 1. The Morgan fingerprint density at radius 1 is 1.39 bits per heavy atom. The fourth-order valence-electron chi connectivity index (χ4n) is 1.43. The molecule has 2 rings (SSSR count). The molecule has 1 aromatic carbocycles. The summed E-state index contributed by atoms with van der Waals surface area (Å²) in [6, 6.07) is 5.30. The Balaban J connectivity index is 1.90. The molecule has 0 saturated heterocycles. The molecule has 6 heteroatoms. The second-order valence-corrected chi connectivity index (χ2v) is 5.47. The van der Waals surface area contributed by atoms with Crippen LogP contribution in [-0.4, -0.2) is 24.4 Å². The van der Waals surface area contributed by atoms with Crippen LogP contribution < -0.4 is 10.6 Å². The number of hydrogen-bond donors (Lipinski definition) is 2. The van der Waals surface area contributed by atoms with Crippen molar-refractivity contribution >= 4 is 39.3 Å². The third kappa shape index (κ3) is 3.71. The van der Waals surface area contributed by atoms with Crippen LogP contribution in [0.1, 0.15) is 23.2 Å². The van der Waals surface area contributed by atoms with Gasteiger partial charge in [0.2, 0.25) is 5.91 Å². The SMILES string of the molecule is O=C(CNC(=O)c1cc(Br)ccc1Cl)NC1CC1. The maximum Gasteiger partial charge on any atom is 0.253 e. The van der Waals surface area contributed by atoms with Crippen LogP contribution in [0.5, 0.6) is 0 Å². The molecule has 0 radical (unpaired) electrons. The summed E-state index contributed by atoms with van der Waals surface area (Å²) in [5.41, 5.74) is 0.352. The van der Waals surface area contributed by atoms with Gasteiger partial charge in [-0.15, -0.1) is 0 Å². The van der Waals surface area contributed by atoms with E-state index >= 15 is 0 Å². The Morgan fingerprint density at radius 2 is 2.11 bits per heavy atom. The summed E-state index contributed by atoms with van der Waals surface area (Å²) in [5, 5.41) is 5.69. The highest BCUT2D eigenvalue weighted by atomic mass is 79.9. The molecular formula is C12H12BrClN2O2. The van der Waals surface area contributed by atoms with Crippen molar-refractivity contribution in [2.45, 2.75) is 18.9 Å². The second-order valence-electron chi connectivity index (χ2n) is 4.15. The summed E-state index contributed by atoms with van der Waals surface area (Å²) >= 11 is 9.19. The molecule has 1 aromatic rings. The van der Waals surface area contributed by atoms with Gasteiger partial charge in [-0.1, -0.05) is 27.5 Å². The fourth-order valence-corrected chi connectivity index (χ4v) is 2.00.